The molecule has 0 amide bonds. The molecule has 0 aromatic rings. The predicted molar refractivity (Wildman–Crippen MR) is 75.5 cm³/mol. The van der Waals surface area contributed by atoms with E-state index in [1.54, 1.807) is 0 Å². The second kappa shape index (κ2) is 7.88. The van der Waals surface area contributed by atoms with Crippen LogP contribution in [0.1, 0.15) is 32.6 Å². The van der Waals surface area contributed by atoms with E-state index in [-0.39, 0.29) is 0 Å². The van der Waals surface area contributed by atoms with Gasteiger partial charge in [0.15, 0.2) is 8.32 Å². The Morgan fingerprint density at radius 2 is 1.93 bits per heavy atom. The first-order valence-electron chi connectivity index (χ1n) is 5.44. The van der Waals surface area contributed by atoms with Gasteiger partial charge in [-0.15, -0.1) is 0 Å². The van der Waals surface area contributed by atoms with Crippen LogP contribution < -0.4 is 0 Å². The molecule has 0 N–H and O–H groups in total. The number of halogens is 1. The summed E-state index contributed by atoms with van der Waals surface area (Å²) in [6, 6.07) is 0. The Kier molecular flexibility index (Phi) is 8.24. The fourth-order valence-electron chi connectivity index (χ4n) is 1.33. The molecule has 0 aliphatic carbocycles. The lowest BCUT2D eigenvalue weighted by atomic mass is 10.1. The normalized spacial score (nSPS) is 14.9. The van der Waals surface area contributed by atoms with Crippen molar-refractivity contribution >= 4 is 30.9 Å². The minimum absolute atomic E-state index is 0.352. The molecule has 0 saturated carbocycles. The molecule has 84 valence electrons. The average Bonchev–Trinajstić information content (AvgIpc) is 2.02. The van der Waals surface area contributed by atoms with E-state index in [2.05, 4.69) is 59.3 Å². The molecule has 0 aromatic heterocycles. The maximum atomic E-state index is 6.07. The number of hydrogen-bond donors (Lipinski definition) is 0. The summed E-state index contributed by atoms with van der Waals surface area (Å²) in [4.78, 5) is 0. The van der Waals surface area contributed by atoms with Crippen molar-refractivity contribution in [3.05, 3.63) is 10.2 Å². The van der Waals surface area contributed by atoms with Crippen LogP contribution in [-0.2, 0) is 4.43 Å². The summed E-state index contributed by atoms with van der Waals surface area (Å²) in [5.74, 6) is 0. The fraction of sp³-hybridized carbons (Fsp3) is 0.818. The quantitative estimate of drug-likeness (QED) is 0.373. The Balaban J connectivity index is 3.90. The molecule has 0 rings (SSSR count). The molecule has 0 saturated heterocycles. The summed E-state index contributed by atoms with van der Waals surface area (Å²) in [6.07, 6.45) is 7.61. The van der Waals surface area contributed by atoms with Crippen molar-refractivity contribution in [2.45, 2.75) is 58.4 Å². The maximum Gasteiger partial charge on any atom is 0.184 e. The first-order valence-corrected chi connectivity index (χ1v) is 10.1. The topological polar surface area (TPSA) is 9.23 Å². The Labute approximate surface area is 104 Å². The van der Waals surface area contributed by atoms with Crippen LogP contribution in [0.4, 0.5) is 0 Å². The van der Waals surface area contributed by atoms with Crippen molar-refractivity contribution < 1.29 is 4.43 Å². The van der Waals surface area contributed by atoms with Crippen LogP contribution in [0.2, 0.25) is 19.6 Å². The van der Waals surface area contributed by atoms with Gasteiger partial charge in [0, 0.05) is 0 Å². The number of rotatable bonds is 7. The van der Waals surface area contributed by atoms with Crippen molar-refractivity contribution in [3.8, 4) is 0 Å². The van der Waals surface area contributed by atoms with Gasteiger partial charge in [-0.05, 0) is 30.1 Å². The van der Waals surface area contributed by atoms with Crippen molar-refractivity contribution in [2.24, 2.45) is 0 Å². The molecule has 1 atom stereocenters. The molecule has 14 heavy (non-hydrogen) atoms. The average molecular weight is 326 g/mol. The lowest BCUT2D eigenvalue weighted by Gasteiger charge is -2.24. The third kappa shape index (κ3) is 9.21. The molecule has 0 bridgehead atoms. The van der Waals surface area contributed by atoms with Gasteiger partial charge in [-0.25, -0.2) is 0 Å². The largest absolute Gasteiger partial charge is 0.411 e. The van der Waals surface area contributed by atoms with Crippen molar-refractivity contribution in [1.29, 1.82) is 0 Å². The zero-order chi connectivity index (χ0) is 11.0. The number of unbranched alkanes of at least 4 members (excludes halogenated alkanes) is 2. The minimum Gasteiger partial charge on any atom is -0.411 e. The van der Waals surface area contributed by atoms with Crippen LogP contribution in [0, 0.1) is 0 Å². The fourth-order valence-corrected chi connectivity index (χ4v) is 2.89. The highest BCUT2D eigenvalue weighted by Crippen LogP contribution is 2.15. The van der Waals surface area contributed by atoms with Crippen LogP contribution in [0.25, 0.3) is 0 Å². The van der Waals surface area contributed by atoms with Gasteiger partial charge in [0.05, 0.1) is 6.10 Å². The molecule has 0 spiro atoms. The second-order valence-electron chi connectivity index (χ2n) is 4.58. The van der Waals surface area contributed by atoms with Gasteiger partial charge in [0.25, 0.3) is 0 Å². The summed E-state index contributed by atoms with van der Waals surface area (Å²) in [7, 11) is -1.37. The van der Waals surface area contributed by atoms with Gasteiger partial charge in [-0.1, -0.05) is 54.9 Å². The van der Waals surface area contributed by atoms with E-state index in [9.17, 15) is 0 Å². The molecular weight excluding hydrogens is 303 g/mol. The Morgan fingerprint density at radius 3 is 2.36 bits per heavy atom. The highest BCUT2D eigenvalue weighted by atomic mass is 127. The van der Waals surface area contributed by atoms with E-state index >= 15 is 0 Å². The molecule has 0 fully saturated rings. The zero-order valence-corrected chi connectivity index (χ0v) is 13.0. The van der Waals surface area contributed by atoms with Crippen LogP contribution >= 0.6 is 22.6 Å². The molecule has 0 aliphatic heterocycles. The molecule has 0 aliphatic rings. The Morgan fingerprint density at radius 1 is 1.29 bits per heavy atom. The summed E-state index contributed by atoms with van der Waals surface area (Å²) >= 11 is 2.27. The lowest BCUT2D eigenvalue weighted by molar-refractivity contribution is 0.227. The summed E-state index contributed by atoms with van der Waals surface area (Å²) in [5, 5.41) is 0. The first-order chi connectivity index (χ1) is 6.49. The molecule has 0 unspecified atom stereocenters. The second-order valence-corrected chi connectivity index (χ2v) is 9.76. The smallest absolute Gasteiger partial charge is 0.184 e. The SMILES string of the molecule is CCCCC[C@H](C=CI)O[Si](C)(C)C. The van der Waals surface area contributed by atoms with Gasteiger partial charge in [-0.2, -0.15) is 0 Å². The maximum absolute atomic E-state index is 6.07. The van der Waals surface area contributed by atoms with Crippen molar-refractivity contribution in [1.82, 2.24) is 0 Å². The molecule has 0 radical (unpaired) electrons. The Bertz CT molecular complexity index is 163. The molecule has 0 heterocycles. The standard InChI is InChI=1S/C11H23IOSi/c1-5-6-7-8-11(9-10-12)13-14(2,3)4/h9-11H,5-8H2,1-4H3/t11-/m1/s1. The van der Waals surface area contributed by atoms with Crippen LogP contribution in [0.5, 0.6) is 0 Å². The summed E-state index contributed by atoms with van der Waals surface area (Å²) < 4.78 is 8.15. The van der Waals surface area contributed by atoms with E-state index in [1.165, 1.54) is 25.7 Å². The van der Waals surface area contributed by atoms with Crippen LogP contribution in [0.3, 0.4) is 0 Å². The minimum atomic E-state index is -1.37. The predicted octanol–water partition coefficient (Wildman–Crippen LogP) is 4.74. The highest BCUT2D eigenvalue weighted by molar-refractivity contribution is 14.1. The van der Waals surface area contributed by atoms with Gasteiger partial charge < -0.3 is 4.43 Å². The van der Waals surface area contributed by atoms with E-state index in [1.807, 2.05) is 0 Å². The van der Waals surface area contributed by atoms with Gasteiger partial charge in [0.2, 0.25) is 0 Å². The van der Waals surface area contributed by atoms with Gasteiger partial charge in [-0.3, -0.25) is 0 Å². The van der Waals surface area contributed by atoms with Gasteiger partial charge in [0.1, 0.15) is 0 Å². The van der Waals surface area contributed by atoms with Crippen molar-refractivity contribution in [2.75, 3.05) is 0 Å². The summed E-state index contributed by atoms with van der Waals surface area (Å²) in [6.45, 7) is 8.99. The monoisotopic (exact) mass is 326 g/mol. The third-order valence-electron chi connectivity index (χ3n) is 1.88. The molecule has 1 nitrogen and oxygen atoms in total. The van der Waals surface area contributed by atoms with Crippen LogP contribution in [-0.4, -0.2) is 14.4 Å². The van der Waals surface area contributed by atoms with Crippen LogP contribution in [0.15, 0.2) is 10.2 Å². The first kappa shape index (κ1) is 14.6. The van der Waals surface area contributed by atoms with E-state index < -0.39 is 8.32 Å². The lowest BCUT2D eigenvalue weighted by Crippen LogP contribution is -2.31. The summed E-state index contributed by atoms with van der Waals surface area (Å²) in [5.41, 5.74) is 0. The number of hydrogen-bond acceptors (Lipinski definition) is 1. The third-order valence-corrected chi connectivity index (χ3v) is 3.31. The van der Waals surface area contributed by atoms with E-state index in [0.717, 1.165) is 0 Å². The Hall–Kier alpha value is 0.647. The van der Waals surface area contributed by atoms with E-state index in [0.29, 0.717) is 6.10 Å². The van der Waals surface area contributed by atoms with Gasteiger partial charge >= 0.3 is 0 Å². The molecule has 3 heteroatoms. The molecular formula is C11H23IOSi. The van der Waals surface area contributed by atoms with E-state index in [4.69, 9.17) is 4.43 Å². The highest BCUT2D eigenvalue weighted by Gasteiger charge is 2.18. The van der Waals surface area contributed by atoms with Crippen molar-refractivity contribution in [3.63, 3.8) is 0 Å². The zero-order valence-electron chi connectivity index (χ0n) is 9.85. The molecule has 0 aromatic carbocycles.